The Bertz CT molecular complexity index is 834. The SMILES string of the molecule is C=C/C(=C\C=C/C)C(N=C)=NC(=NCc1ccccc1)C1C=CC(C)=CC1.CC. The summed E-state index contributed by atoms with van der Waals surface area (Å²) in [6, 6.07) is 10.2. The molecule has 1 atom stereocenters. The van der Waals surface area contributed by atoms with E-state index in [1.54, 1.807) is 6.08 Å². The average molecular weight is 388 g/mol. The molecule has 0 saturated carbocycles. The van der Waals surface area contributed by atoms with Crippen molar-refractivity contribution in [3.05, 3.63) is 96.2 Å². The summed E-state index contributed by atoms with van der Waals surface area (Å²) in [4.78, 5) is 13.7. The topological polar surface area (TPSA) is 37.1 Å². The van der Waals surface area contributed by atoms with Crippen molar-refractivity contribution in [2.45, 2.75) is 40.7 Å². The Morgan fingerprint density at radius 2 is 1.93 bits per heavy atom. The first-order valence-corrected chi connectivity index (χ1v) is 10.1. The van der Waals surface area contributed by atoms with Crippen molar-refractivity contribution in [1.82, 2.24) is 0 Å². The van der Waals surface area contributed by atoms with Gasteiger partial charge in [-0.15, -0.1) is 0 Å². The molecule has 0 saturated heterocycles. The quantitative estimate of drug-likeness (QED) is 0.288. The fraction of sp³-hybridized carbons (Fsp3) is 0.269. The maximum atomic E-state index is 4.81. The zero-order chi connectivity index (χ0) is 21.5. The van der Waals surface area contributed by atoms with Gasteiger partial charge in [0.1, 0.15) is 5.84 Å². The van der Waals surface area contributed by atoms with Gasteiger partial charge in [-0.25, -0.2) is 9.98 Å². The van der Waals surface area contributed by atoms with E-state index in [-0.39, 0.29) is 5.92 Å². The Morgan fingerprint density at radius 1 is 1.21 bits per heavy atom. The number of rotatable bonds is 6. The second-order valence-electron chi connectivity index (χ2n) is 6.25. The van der Waals surface area contributed by atoms with Gasteiger partial charge in [-0.3, -0.25) is 4.99 Å². The number of hydrogen-bond donors (Lipinski definition) is 0. The van der Waals surface area contributed by atoms with Crippen LogP contribution < -0.4 is 0 Å². The fourth-order valence-corrected chi connectivity index (χ4v) is 2.64. The standard InChI is InChI=1S/C24H27N3.C2H6/c1-5-7-13-21(6-2)23(25-4)27-24(22-16-14-19(3)15-17-22)26-18-20-11-9-8-10-12-20;1-2/h5-16,22H,2,4,17-18H2,1,3H3;1-2H3/b7-5-,21-13+,26-24?,27-23?;. The fourth-order valence-electron chi connectivity index (χ4n) is 2.64. The van der Waals surface area contributed by atoms with Crippen LogP contribution in [-0.2, 0) is 6.54 Å². The molecule has 1 aromatic carbocycles. The molecule has 1 unspecified atom stereocenters. The van der Waals surface area contributed by atoms with Gasteiger partial charge in [-0.2, -0.15) is 0 Å². The highest BCUT2D eigenvalue weighted by Gasteiger charge is 2.15. The molecular formula is C26H33N3. The van der Waals surface area contributed by atoms with Gasteiger partial charge >= 0.3 is 0 Å². The van der Waals surface area contributed by atoms with Gasteiger partial charge < -0.3 is 0 Å². The van der Waals surface area contributed by atoms with Crippen molar-refractivity contribution >= 4 is 18.4 Å². The summed E-state index contributed by atoms with van der Waals surface area (Å²) in [5, 5.41) is 0. The molecule has 0 aliphatic heterocycles. The summed E-state index contributed by atoms with van der Waals surface area (Å²) in [6.07, 6.45) is 14.9. The van der Waals surface area contributed by atoms with Crippen LogP contribution in [-0.4, -0.2) is 18.4 Å². The molecule has 1 aliphatic rings. The molecule has 3 heteroatoms. The zero-order valence-electron chi connectivity index (χ0n) is 18.2. The van der Waals surface area contributed by atoms with Crippen molar-refractivity contribution in [2.24, 2.45) is 20.9 Å². The van der Waals surface area contributed by atoms with Crippen LogP contribution in [0.4, 0.5) is 0 Å². The van der Waals surface area contributed by atoms with Crippen LogP contribution in [0.2, 0.25) is 0 Å². The van der Waals surface area contributed by atoms with Crippen LogP contribution in [0, 0.1) is 5.92 Å². The van der Waals surface area contributed by atoms with Crippen LogP contribution in [0.25, 0.3) is 0 Å². The van der Waals surface area contributed by atoms with Gasteiger partial charge in [-0.05, 0) is 32.5 Å². The van der Waals surface area contributed by atoms with E-state index in [1.165, 1.54) is 5.57 Å². The molecule has 0 fully saturated rings. The Kier molecular flexibility index (Phi) is 11.6. The van der Waals surface area contributed by atoms with E-state index in [4.69, 9.17) is 9.98 Å². The third kappa shape index (κ3) is 8.22. The summed E-state index contributed by atoms with van der Waals surface area (Å²) < 4.78 is 0. The number of nitrogens with zero attached hydrogens (tertiary/aromatic N) is 3. The van der Waals surface area contributed by atoms with Gasteiger partial charge in [-0.1, -0.05) is 98.9 Å². The van der Waals surface area contributed by atoms with E-state index in [0.29, 0.717) is 12.4 Å². The van der Waals surface area contributed by atoms with E-state index < -0.39 is 0 Å². The van der Waals surface area contributed by atoms with Gasteiger partial charge in [0.25, 0.3) is 0 Å². The van der Waals surface area contributed by atoms with Crippen molar-refractivity contribution < 1.29 is 0 Å². The summed E-state index contributed by atoms with van der Waals surface area (Å²) >= 11 is 0. The molecule has 0 radical (unpaired) electrons. The van der Waals surface area contributed by atoms with E-state index in [9.17, 15) is 0 Å². The first kappa shape index (κ1) is 24.0. The Labute approximate surface area is 176 Å². The van der Waals surface area contributed by atoms with Crippen LogP contribution in [0.5, 0.6) is 0 Å². The van der Waals surface area contributed by atoms with Gasteiger partial charge in [0.15, 0.2) is 5.84 Å². The van der Waals surface area contributed by atoms with Gasteiger partial charge in [0.05, 0.1) is 6.54 Å². The highest BCUT2D eigenvalue weighted by Crippen LogP contribution is 2.20. The molecular weight excluding hydrogens is 354 g/mol. The molecule has 0 N–H and O–H groups in total. The largest absolute Gasteiger partial charge is 0.265 e. The summed E-state index contributed by atoms with van der Waals surface area (Å²) in [6.45, 7) is 16.2. The first-order chi connectivity index (χ1) is 14.2. The number of hydrogen-bond acceptors (Lipinski definition) is 1. The van der Waals surface area contributed by atoms with Crippen molar-refractivity contribution in [3.8, 4) is 0 Å². The van der Waals surface area contributed by atoms with Crippen molar-refractivity contribution in [3.63, 3.8) is 0 Å². The Morgan fingerprint density at radius 3 is 2.48 bits per heavy atom. The molecule has 152 valence electrons. The lowest BCUT2D eigenvalue weighted by atomic mass is 9.96. The molecule has 1 aromatic rings. The third-order valence-electron chi connectivity index (χ3n) is 4.20. The molecule has 0 heterocycles. The monoisotopic (exact) mass is 387 g/mol. The second-order valence-corrected chi connectivity index (χ2v) is 6.25. The van der Waals surface area contributed by atoms with Crippen LogP contribution in [0.3, 0.4) is 0 Å². The predicted molar refractivity (Wildman–Crippen MR) is 130 cm³/mol. The van der Waals surface area contributed by atoms with E-state index in [1.807, 2.05) is 57.2 Å². The maximum absolute atomic E-state index is 4.81. The summed E-state index contributed by atoms with van der Waals surface area (Å²) in [5.74, 6) is 1.42. The Hall–Kier alpha value is -3.07. The van der Waals surface area contributed by atoms with Crippen molar-refractivity contribution in [2.75, 3.05) is 0 Å². The molecule has 0 bridgehead atoms. The summed E-state index contributed by atoms with van der Waals surface area (Å²) in [7, 11) is 0. The van der Waals surface area contributed by atoms with Crippen LogP contribution >= 0.6 is 0 Å². The molecule has 3 nitrogen and oxygen atoms in total. The van der Waals surface area contributed by atoms with Crippen LogP contribution in [0.1, 0.15) is 39.7 Å². The number of benzene rings is 1. The molecule has 29 heavy (non-hydrogen) atoms. The number of allylic oxidation sites excluding steroid dienone is 6. The van der Waals surface area contributed by atoms with Gasteiger partial charge in [0, 0.05) is 11.5 Å². The third-order valence-corrected chi connectivity index (χ3v) is 4.20. The van der Waals surface area contributed by atoms with Crippen LogP contribution in [0.15, 0.2) is 106 Å². The van der Waals surface area contributed by atoms with E-state index in [0.717, 1.165) is 23.4 Å². The zero-order valence-corrected chi connectivity index (χ0v) is 18.2. The molecule has 0 amide bonds. The first-order valence-electron chi connectivity index (χ1n) is 10.1. The molecule has 2 rings (SSSR count). The lowest BCUT2D eigenvalue weighted by Gasteiger charge is -2.15. The minimum Gasteiger partial charge on any atom is -0.265 e. The normalized spacial score (nSPS) is 17.4. The highest BCUT2D eigenvalue weighted by atomic mass is 15.0. The number of aliphatic imine (C=N–C) groups is 3. The predicted octanol–water partition coefficient (Wildman–Crippen LogP) is 6.92. The van der Waals surface area contributed by atoms with Gasteiger partial charge in [0.2, 0.25) is 0 Å². The lowest BCUT2D eigenvalue weighted by molar-refractivity contribution is 0.836. The highest BCUT2D eigenvalue weighted by molar-refractivity contribution is 6.10. The van der Waals surface area contributed by atoms with E-state index >= 15 is 0 Å². The van der Waals surface area contributed by atoms with Crippen molar-refractivity contribution in [1.29, 1.82) is 0 Å². The lowest BCUT2D eigenvalue weighted by Crippen LogP contribution is -2.15. The summed E-state index contributed by atoms with van der Waals surface area (Å²) in [5.41, 5.74) is 3.24. The second kappa shape index (κ2) is 14.0. The molecule has 0 aromatic heterocycles. The number of amidine groups is 2. The molecule has 0 spiro atoms. The minimum absolute atomic E-state index is 0.127. The Balaban J connectivity index is 0.00000204. The minimum atomic E-state index is 0.127. The van der Waals surface area contributed by atoms with E-state index in [2.05, 4.69) is 55.6 Å². The molecule has 1 aliphatic carbocycles. The smallest absolute Gasteiger partial charge is 0.160 e. The average Bonchev–Trinajstić information content (AvgIpc) is 2.78. The maximum Gasteiger partial charge on any atom is 0.160 e.